The van der Waals surface area contributed by atoms with E-state index in [1.54, 1.807) is 20.3 Å². The molecule has 1 aromatic carbocycles. The molecular weight excluding hydrogens is 338 g/mol. The van der Waals surface area contributed by atoms with Crippen molar-refractivity contribution in [3.05, 3.63) is 18.2 Å². The van der Waals surface area contributed by atoms with Gasteiger partial charge in [0.25, 0.3) is 0 Å². The van der Waals surface area contributed by atoms with E-state index in [4.69, 9.17) is 21.7 Å². The number of benzene rings is 1. The molecular formula is C14H21N3O4S2. The summed E-state index contributed by atoms with van der Waals surface area (Å²) in [6.07, 6.45) is 1.22. The van der Waals surface area contributed by atoms with Crippen LogP contribution in [0.25, 0.3) is 0 Å². The first-order valence-electron chi connectivity index (χ1n) is 7.08. The molecule has 1 aromatic rings. The minimum atomic E-state index is -3.14. The van der Waals surface area contributed by atoms with Gasteiger partial charge in [-0.05, 0) is 24.4 Å². The Hall–Kier alpha value is -1.58. The zero-order valence-corrected chi connectivity index (χ0v) is 15.0. The van der Waals surface area contributed by atoms with Crippen LogP contribution in [0.5, 0.6) is 11.5 Å². The second-order valence-corrected chi connectivity index (χ2v) is 7.51. The Bertz CT molecular complexity index is 671. The molecule has 0 aromatic heterocycles. The fourth-order valence-corrected chi connectivity index (χ4v) is 3.44. The van der Waals surface area contributed by atoms with E-state index in [1.165, 1.54) is 10.6 Å². The van der Waals surface area contributed by atoms with Gasteiger partial charge in [0.1, 0.15) is 11.5 Å². The number of rotatable bonds is 4. The molecule has 1 heterocycles. The van der Waals surface area contributed by atoms with E-state index in [2.05, 4.69) is 5.32 Å². The van der Waals surface area contributed by atoms with Crippen LogP contribution in [-0.4, -0.2) is 69.4 Å². The number of sulfonamides is 1. The molecule has 0 spiro atoms. The van der Waals surface area contributed by atoms with Crippen LogP contribution < -0.4 is 14.8 Å². The minimum absolute atomic E-state index is 0.431. The Kier molecular flexibility index (Phi) is 5.66. The Morgan fingerprint density at radius 2 is 1.83 bits per heavy atom. The Morgan fingerprint density at radius 1 is 1.17 bits per heavy atom. The number of thiocarbonyl (C=S) groups is 1. The van der Waals surface area contributed by atoms with Gasteiger partial charge < -0.3 is 19.7 Å². The first-order valence-corrected chi connectivity index (χ1v) is 9.34. The summed E-state index contributed by atoms with van der Waals surface area (Å²) < 4.78 is 35.0. The van der Waals surface area contributed by atoms with Crippen LogP contribution in [0.4, 0.5) is 5.69 Å². The summed E-state index contributed by atoms with van der Waals surface area (Å²) in [5, 5.41) is 3.69. The summed E-state index contributed by atoms with van der Waals surface area (Å²) in [4.78, 5) is 1.95. The van der Waals surface area contributed by atoms with E-state index in [0.29, 0.717) is 42.8 Å². The molecule has 1 aliphatic heterocycles. The third-order valence-electron chi connectivity index (χ3n) is 3.65. The highest BCUT2D eigenvalue weighted by Gasteiger charge is 2.24. The van der Waals surface area contributed by atoms with E-state index < -0.39 is 10.0 Å². The molecule has 0 unspecified atom stereocenters. The van der Waals surface area contributed by atoms with Crippen LogP contribution in [-0.2, 0) is 10.0 Å². The standard InChI is InChI=1S/C14H21N3O4S2/c1-20-11-4-5-12(13(10-11)21-2)15-14(22)16-6-8-17(9-7-16)23(3,18)19/h4-5,10H,6-9H2,1-3H3,(H,15,22). The van der Waals surface area contributed by atoms with Gasteiger partial charge >= 0.3 is 0 Å². The lowest BCUT2D eigenvalue weighted by Gasteiger charge is -2.35. The summed E-state index contributed by atoms with van der Waals surface area (Å²) in [5.41, 5.74) is 0.740. The molecule has 7 nitrogen and oxygen atoms in total. The number of nitrogens with zero attached hydrogens (tertiary/aromatic N) is 2. The lowest BCUT2D eigenvalue weighted by Crippen LogP contribution is -2.51. The average Bonchev–Trinajstić information content (AvgIpc) is 2.54. The molecule has 0 atom stereocenters. The van der Waals surface area contributed by atoms with Crippen molar-refractivity contribution in [1.29, 1.82) is 0 Å². The summed E-state index contributed by atoms with van der Waals surface area (Å²) in [6, 6.07) is 5.42. The molecule has 0 radical (unpaired) electrons. The number of methoxy groups -OCH3 is 2. The normalized spacial score (nSPS) is 16.0. The SMILES string of the molecule is COc1ccc(NC(=S)N2CCN(S(C)(=O)=O)CC2)c(OC)c1. The van der Waals surface area contributed by atoms with Crippen molar-refractivity contribution in [2.75, 3.05) is 52.0 Å². The van der Waals surface area contributed by atoms with Crippen molar-refractivity contribution < 1.29 is 17.9 Å². The highest BCUT2D eigenvalue weighted by Crippen LogP contribution is 2.29. The maximum atomic E-state index is 11.5. The van der Waals surface area contributed by atoms with E-state index >= 15 is 0 Å². The maximum Gasteiger partial charge on any atom is 0.211 e. The summed E-state index contributed by atoms with van der Waals surface area (Å²) >= 11 is 5.42. The first kappa shape index (κ1) is 17.8. The highest BCUT2D eigenvalue weighted by molar-refractivity contribution is 7.88. The number of hydrogen-bond donors (Lipinski definition) is 1. The molecule has 0 saturated carbocycles. The van der Waals surface area contributed by atoms with Crippen LogP contribution in [0, 0.1) is 0 Å². The minimum Gasteiger partial charge on any atom is -0.497 e. The fourth-order valence-electron chi connectivity index (χ4n) is 2.32. The Morgan fingerprint density at radius 3 is 2.35 bits per heavy atom. The van der Waals surface area contributed by atoms with Gasteiger partial charge in [0.05, 0.1) is 26.2 Å². The second-order valence-electron chi connectivity index (χ2n) is 5.15. The molecule has 9 heteroatoms. The van der Waals surface area contributed by atoms with Crippen molar-refractivity contribution in [2.24, 2.45) is 0 Å². The molecule has 1 aliphatic rings. The Balaban J connectivity index is 2.01. The van der Waals surface area contributed by atoms with E-state index in [9.17, 15) is 8.42 Å². The predicted octanol–water partition coefficient (Wildman–Crippen LogP) is 0.978. The molecule has 1 saturated heterocycles. The number of piperazine rings is 1. The highest BCUT2D eigenvalue weighted by atomic mass is 32.2. The third-order valence-corrected chi connectivity index (χ3v) is 5.31. The third kappa shape index (κ3) is 4.46. The van der Waals surface area contributed by atoms with Crippen LogP contribution in [0.15, 0.2) is 18.2 Å². The van der Waals surface area contributed by atoms with Crippen molar-refractivity contribution in [2.45, 2.75) is 0 Å². The van der Waals surface area contributed by atoms with Gasteiger partial charge in [-0.25, -0.2) is 8.42 Å². The lowest BCUT2D eigenvalue weighted by molar-refractivity contribution is 0.270. The number of anilines is 1. The summed E-state index contributed by atoms with van der Waals surface area (Å²) in [5.74, 6) is 1.32. The predicted molar refractivity (Wildman–Crippen MR) is 93.8 cm³/mol. The first-order chi connectivity index (χ1) is 10.8. The van der Waals surface area contributed by atoms with Gasteiger partial charge in [-0.1, -0.05) is 0 Å². The van der Waals surface area contributed by atoms with Crippen LogP contribution in [0.1, 0.15) is 0 Å². The topological polar surface area (TPSA) is 71.1 Å². The van der Waals surface area contributed by atoms with Crippen LogP contribution >= 0.6 is 12.2 Å². The average molecular weight is 359 g/mol. The van der Waals surface area contributed by atoms with Crippen LogP contribution in [0.2, 0.25) is 0 Å². The summed E-state index contributed by atoms with van der Waals surface area (Å²) in [7, 11) is 0.0251. The monoisotopic (exact) mass is 359 g/mol. The van der Waals surface area contributed by atoms with Crippen LogP contribution in [0.3, 0.4) is 0 Å². The Labute approximate surface area is 142 Å². The molecule has 1 N–H and O–H groups in total. The maximum absolute atomic E-state index is 11.5. The van der Waals surface area contributed by atoms with E-state index in [-0.39, 0.29) is 0 Å². The fraction of sp³-hybridized carbons (Fsp3) is 0.500. The molecule has 1 fully saturated rings. The van der Waals surface area contributed by atoms with Gasteiger partial charge in [0.15, 0.2) is 5.11 Å². The molecule has 0 aliphatic carbocycles. The van der Waals surface area contributed by atoms with E-state index in [0.717, 1.165) is 5.69 Å². The number of nitrogens with one attached hydrogen (secondary N) is 1. The van der Waals surface area contributed by atoms with E-state index in [1.807, 2.05) is 17.0 Å². The molecule has 0 bridgehead atoms. The smallest absolute Gasteiger partial charge is 0.211 e. The van der Waals surface area contributed by atoms with Gasteiger partial charge in [0, 0.05) is 32.2 Å². The zero-order valence-electron chi connectivity index (χ0n) is 13.4. The van der Waals surface area contributed by atoms with Crippen molar-refractivity contribution in [1.82, 2.24) is 9.21 Å². The largest absolute Gasteiger partial charge is 0.497 e. The molecule has 128 valence electrons. The number of ether oxygens (including phenoxy) is 2. The van der Waals surface area contributed by atoms with Gasteiger partial charge in [-0.15, -0.1) is 0 Å². The lowest BCUT2D eigenvalue weighted by atomic mass is 10.2. The second kappa shape index (κ2) is 7.33. The van der Waals surface area contributed by atoms with Gasteiger partial charge in [-0.2, -0.15) is 4.31 Å². The van der Waals surface area contributed by atoms with Crippen molar-refractivity contribution >= 4 is 33.0 Å². The summed E-state index contributed by atoms with van der Waals surface area (Å²) in [6.45, 7) is 1.97. The van der Waals surface area contributed by atoms with Crippen molar-refractivity contribution in [3.8, 4) is 11.5 Å². The quantitative estimate of drug-likeness (QED) is 0.804. The van der Waals surface area contributed by atoms with Crippen molar-refractivity contribution in [3.63, 3.8) is 0 Å². The molecule has 23 heavy (non-hydrogen) atoms. The number of hydrogen-bond acceptors (Lipinski definition) is 5. The zero-order chi connectivity index (χ0) is 17.0. The molecule has 2 rings (SSSR count). The van der Waals surface area contributed by atoms with Gasteiger partial charge in [-0.3, -0.25) is 0 Å². The molecule has 0 amide bonds. The van der Waals surface area contributed by atoms with Gasteiger partial charge in [0.2, 0.25) is 10.0 Å².